The van der Waals surface area contributed by atoms with Crippen LogP contribution >= 0.6 is 15.9 Å². The Morgan fingerprint density at radius 3 is 2.89 bits per heavy atom. The van der Waals surface area contributed by atoms with E-state index in [4.69, 9.17) is 5.73 Å². The molecule has 0 aromatic carbocycles. The highest BCUT2D eigenvalue weighted by molar-refractivity contribution is 9.11. The lowest BCUT2D eigenvalue weighted by Gasteiger charge is -2.13. The summed E-state index contributed by atoms with van der Waals surface area (Å²) in [4.78, 5) is 0. The highest BCUT2D eigenvalue weighted by atomic mass is 79.9. The van der Waals surface area contributed by atoms with E-state index in [9.17, 15) is 4.39 Å². The molecule has 2 nitrogen and oxygen atoms in total. The van der Waals surface area contributed by atoms with Gasteiger partial charge >= 0.3 is 0 Å². The van der Waals surface area contributed by atoms with E-state index in [0.29, 0.717) is 4.48 Å². The summed E-state index contributed by atoms with van der Waals surface area (Å²) in [5.74, 6) is -0.357. The van der Waals surface area contributed by atoms with E-state index >= 15 is 0 Å². The van der Waals surface area contributed by atoms with Gasteiger partial charge in [0.2, 0.25) is 0 Å². The Morgan fingerprint density at radius 2 is 2.44 bits per heavy atom. The van der Waals surface area contributed by atoms with Gasteiger partial charge in [0.15, 0.2) is 0 Å². The Hall–Kier alpha value is -0.350. The van der Waals surface area contributed by atoms with Gasteiger partial charge in [-0.1, -0.05) is 0 Å². The van der Waals surface area contributed by atoms with Crippen molar-refractivity contribution in [3.63, 3.8) is 0 Å². The first kappa shape index (κ1) is 6.77. The Labute approximate surface area is 60.7 Å². The largest absolute Gasteiger partial charge is 0.369 e. The summed E-state index contributed by atoms with van der Waals surface area (Å²) in [7, 11) is 0. The molecule has 0 bridgehead atoms. The third-order valence-corrected chi connectivity index (χ3v) is 1.43. The van der Waals surface area contributed by atoms with Crippen LogP contribution < -0.4 is 11.1 Å². The molecular formula is C5H6BrFN2. The van der Waals surface area contributed by atoms with E-state index in [1.165, 1.54) is 6.08 Å². The fourth-order valence-electron chi connectivity index (χ4n) is 0.512. The van der Waals surface area contributed by atoms with Crippen molar-refractivity contribution in [3.8, 4) is 0 Å². The van der Waals surface area contributed by atoms with E-state index < -0.39 is 6.17 Å². The molecule has 1 heterocycles. The van der Waals surface area contributed by atoms with Crippen molar-refractivity contribution in [3.05, 3.63) is 22.6 Å². The first-order chi connectivity index (χ1) is 4.20. The first-order valence-corrected chi connectivity index (χ1v) is 3.24. The molecular weight excluding hydrogens is 187 g/mol. The Balaban J connectivity index is 2.74. The van der Waals surface area contributed by atoms with Crippen molar-refractivity contribution in [1.29, 1.82) is 0 Å². The standard InChI is InChI=1S/C5H6BrFN2/c6-3-1-4(7)5(8)9-2-3/h1-2,5,9H,8H2. The lowest BCUT2D eigenvalue weighted by atomic mass is 10.3. The molecule has 0 aromatic heterocycles. The molecule has 0 saturated carbocycles. The number of dihydropyridines is 1. The van der Waals surface area contributed by atoms with Gasteiger partial charge in [-0.05, 0) is 22.0 Å². The molecule has 4 heteroatoms. The molecule has 0 radical (unpaired) electrons. The molecule has 0 aliphatic carbocycles. The molecule has 0 amide bonds. The highest BCUT2D eigenvalue weighted by Crippen LogP contribution is 2.14. The number of rotatable bonds is 0. The van der Waals surface area contributed by atoms with Crippen LogP contribution in [0.2, 0.25) is 0 Å². The molecule has 1 aliphatic heterocycles. The fourth-order valence-corrected chi connectivity index (χ4v) is 0.863. The normalized spacial score (nSPS) is 26.3. The zero-order chi connectivity index (χ0) is 6.85. The van der Waals surface area contributed by atoms with Crippen molar-refractivity contribution < 1.29 is 4.39 Å². The van der Waals surface area contributed by atoms with Crippen LogP contribution in [0.1, 0.15) is 0 Å². The van der Waals surface area contributed by atoms with Crippen LogP contribution in [0.5, 0.6) is 0 Å². The fraction of sp³-hybridized carbons (Fsp3) is 0.200. The van der Waals surface area contributed by atoms with Gasteiger partial charge in [-0.25, -0.2) is 4.39 Å². The lowest BCUT2D eigenvalue weighted by Crippen LogP contribution is -2.36. The third kappa shape index (κ3) is 1.53. The highest BCUT2D eigenvalue weighted by Gasteiger charge is 2.10. The van der Waals surface area contributed by atoms with Crippen molar-refractivity contribution in [2.75, 3.05) is 0 Å². The maximum absolute atomic E-state index is 12.4. The monoisotopic (exact) mass is 192 g/mol. The summed E-state index contributed by atoms with van der Waals surface area (Å²) in [5.41, 5.74) is 5.22. The second kappa shape index (κ2) is 2.49. The quantitative estimate of drug-likeness (QED) is 0.601. The van der Waals surface area contributed by atoms with Gasteiger partial charge in [-0.3, -0.25) is 0 Å². The summed E-state index contributed by atoms with van der Waals surface area (Å²) in [5, 5.41) is 2.61. The zero-order valence-electron chi connectivity index (χ0n) is 4.57. The molecule has 0 aromatic rings. The van der Waals surface area contributed by atoms with Crippen LogP contribution in [0, 0.1) is 0 Å². The minimum Gasteiger partial charge on any atom is -0.369 e. The smallest absolute Gasteiger partial charge is 0.138 e. The number of hydrogen-bond donors (Lipinski definition) is 2. The topological polar surface area (TPSA) is 38.0 Å². The van der Waals surface area contributed by atoms with Gasteiger partial charge < -0.3 is 11.1 Å². The SMILES string of the molecule is NC1NC=C(Br)C=C1F. The average molecular weight is 193 g/mol. The Bertz CT molecular complexity index is 176. The molecule has 50 valence electrons. The van der Waals surface area contributed by atoms with Crippen molar-refractivity contribution >= 4 is 15.9 Å². The second-order valence-electron chi connectivity index (χ2n) is 1.70. The van der Waals surface area contributed by atoms with Gasteiger partial charge in [0.1, 0.15) is 12.0 Å². The van der Waals surface area contributed by atoms with Crippen LogP contribution in [0.3, 0.4) is 0 Å². The van der Waals surface area contributed by atoms with Crippen molar-refractivity contribution in [2.45, 2.75) is 6.17 Å². The van der Waals surface area contributed by atoms with Crippen molar-refractivity contribution in [2.24, 2.45) is 5.73 Å². The van der Waals surface area contributed by atoms with E-state index in [1.54, 1.807) is 6.20 Å². The molecule has 1 aliphatic rings. The summed E-state index contributed by atoms with van der Waals surface area (Å²) >= 11 is 3.08. The van der Waals surface area contributed by atoms with E-state index in [2.05, 4.69) is 21.2 Å². The maximum Gasteiger partial charge on any atom is 0.138 e. The van der Waals surface area contributed by atoms with Gasteiger partial charge in [0.05, 0.1) is 0 Å². The van der Waals surface area contributed by atoms with Crippen LogP contribution in [0.25, 0.3) is 0 Å². The maximum atomic E-state index is 12.4. The predicted molar refractivity (Wildman–Crippen MR) is 37.3 cm³/mol. The molecule has 0 spiro atoms. The summed E-state index contributed by atoms with van der Waals surface area (Å²) < 4.78 is 13.1. The summed E-state index contributed by atoms with van der Waals surface area (Å²) in [6.45, 7) is 0. The van der Waals surface area contributed by atoms with Crippen LogP contribution in [-0.2, 0) is 0 Å². The molecule has 3 N–H and O–H groups in total. The molecule has 0 fully saturated rings. The number of allylic oxidation sites excluding steroid dienone is 2. The van der Waals surface area contributed by atoms with E-state index in [0.717, 1.165) is 0 Å². The number of halogens is 2. The van der Waals surface area contributed by atoms with Gasteiger partial charge in [-0.2, -0.15) is 0 Å². The van der Waals surface area contributed by atoms with E-state index in [1.807, 2.05) is 0 Å². The van der Waals surface area contributed by atoms with Crippen molar-refractivity contribution in [1.82, 2.24) is 5.32 Å². The van der Waals surface area contributed by atoms with Gasteiger partial charge in [0.25, 0.3) is 0 Å². The number of hydrogen-bond acceptors (Lipinski definition) is 2. The lowest BCUT2D eigenvalue weighted by molar-refractivity contribution is 0.506. The summed E-state index contributed by atoms with van der Waals surface area (Å²) in [6.07, 6.45) is 2.26. The van der Waals surface area contributed by atoms with Gasteiger partial charge in [0, 0.05) is 10.7 Å². The third-order valence-electron chi connectivity index (χ3n) is 0.974. The molecule has 1 rings (SSSR count). The van der Waals surface area contributed by atoms with Crippen LogP contribution in [0.4, 0.5) is 4.39 Å². The Morgan fingerprint density at radius 1 is 1.78 bits per heavy atom. The van der Waals surface area contributed by atoms with Crippen LogP contribution in [0.15, 0.2) is 22.6 Å². The second-order valence-corrected chi connectivity index (χ2v) is 2.62. The Kier molecular flexibility index (Phi) is 1.87. The minimum absolute atomic E-state index is 0.357. The summed E-state index contributed by atoms with van der Waals surface area (Å²) in [6, 6.07) is 0. The first-order valence-electron chi connectivity index (χ1n) is 2.44. The molecule has 1 atom stereocenters. The molecule has 1 unspecified atom stereocenters. The molecule has 9 heavy (non-hydrogen) atoms. The zero-order valence-corrected chi connectivity index (χ0v) is 6.15. The van der Waals surface area contributed by atoms with Crippen LogP contribution in [-0.4, -0.2) is 6.17 Å². The predicted octanol–water partition coefficient (Wildman–Crippen LogP) is 0.964. The number of nitrogens with two attached hydrogens (primary N) is 1. The van der Waals surface area contributed by atoms with E-state index in [-0.39, 0.29) is 5.83 Å². The molecule has 0 saturated heterocycles. The van der Waals surface area contributed by atoms with Gasteiger partial charge in [-0.15, -0.1) is 0 Å². The number of nitrogens with one attached hydrogen (secondary N) is 1. The average Bonchev–Trinajstić information content (AvgIpc) is 1.80. The minimum atomic E-state index is -0.675.